The van der Waals surface area contributed by atoms with E-state index in [0.717, 1.165) is 12.1 Å². The number of ether oxygens (including phenoxy) is 1. The Morgan fingerprint density at radius 2 is 1.78 bits per heavy atom. The Labute approximate surface area is 184 Å². The summed E-state index contributed by atoms with van der Waals surface area (Å²) in [5.41, 5.74) is 0.383. The summed E-state index contributed by atoms with van der Waals surface area (Å²) >= 11 is 0. The molecule has 0 unspecified atom stereocenters. The molecule has 0 aromatic heterocycles. The Morgan fingerprint density at radius 3 is 2.34 bits per heavy atom. The number of alkyl halides is 3. The van der Waals surface area contributed by atoms with Crippen molar-refractivity contribution in [1.29, 1.82) is 0 Å². The number of benzene rings is 2. The summed E-state index contributed by atoms with van der Waals surface area (Å²) < 4.78 is 45.4. The first-order valence-electron chi connectivity index (χ1n) is 10.4. The average molecular weight is 446 g/mol. The van der Waals surface area contributed by atoms with E-state index in [4.69, 9.17) is 9.73 Å². The van der Waals surface area contributed by atoms with Crippen LogP contribution in [0.15, 0.2) is 53.5 Å². The molecule has 0 fully saturated rings. The second-order valence-electron chi connectivity index (χ2n) is 7.60. The maximum Gasteiger partial charge on any atom is 0.416 e. The third-order valence-electron chi connectivity index (χ3n) is 5.71. The highest BCUT2D eigenvalue weighted by molar-refractivity contribution is 6.20. The Kier molecular flexibility index (Phi) is 7.01. The minimum atomic E-state index is -4.57. The number of fused-ring (bicyclic) bond motifs is 1. The monoisotopic (exact) mass is 446 g/mol. The second kappa shape index (κ2) is 9.54. The van der Waals surface area contributed by atoms with Crippen LogP contribution in [0.25, 0.3) is 0 Å². The first-order valence-corrected chi connectivity index (χ1v) is 10.4. The lowest BCUT2D eigenvalue weighted by Crippen LogP contribution is -2.44. The number of esters is 1. The predicted octanol–water partition coefficient (Wildman–Crippen LogP) is 4.87. The van der Waals surface area contributed by atoms with E-state index in [-0.39, 0.29) is 17.2 Å². The van der Waals surface area contributed by atoms with Crippen LogP contribution in [0, 0.1) is 5.92 Å². The molecular formula is C24H25F3N2O3. The van der Waals surface area contributed by atoms with E-state index in [1.165, 1.54) is 18.1 Å². The van der Waals surface area contributed by atoms with Crippen LogP contribution >= 0.6 is 0 Å². The topological polar surface area (TPSA) is 59.0 Å². The fourth-order valence-corrected chi connectivity index (χ4v) is 3.90. The van der Waals surface area contributed by atoms with E-state index in [1.807, 2.05) is 13.8 Å². The van der Waals surface area contributed by atoms with Crippen LogP contribution in [0.1, 0.15) is 43.4 Å². The minimum absolute atomic E-state index is 0.141. The summed E-state index contributed by atoms with van der Waals surface area (Å²) in [5, 5.41) is 0. The number of halogens is 3. The van der Waals surface area contributed by atoms with Gasteiger partial charge in [-0.1, -0.05) is 57.0 Å². The quantitative estimate of drug-likeness (QED) is 0.595. The third kappa shape index (κ3) is 4.69. The summed E-state index contributed by atoms with van der Waals surface area (Å²) in [7, 11) is 1.20. The number of methoxy groups -OCH3 is 1. The fourth-order valence-electron chi connectivity index (χ4n) is 3.90. The average Bonchev–Trinajstić information content (AvgIpc) is 2.90. The lowest BCUT2D eigenvalue weighted by molar-refractivity contribution is -0.140. The first kappa shape index (κ1) is 23.5. The van der Waals surface area contributed by atoms with E-state index in [9.17, 15) is 22.8 Å². The van der Waals surface area contributed by atoms with Crippen LogP contribution in [0.3, 0.4) is 0 Å². The zero-order valence-electron chi connectivity index (χ0n) is 18.1. The largest absolute Gasteiger partial charge is 0.468 e. The number of amides is 1. The van der Waals surface area contributed by atoms with Gasteiger partial charge in [0.25, 0.3) is 5.91 Å². The van der Waals surface area contributed by atoms with Crippen molar-refractivity contribution in [3.8, 4) is 0 Å². The fraction of sp³-hybridized carbons (Fsp3) is 0.375. The van der Waals surface area contributed by atoms with Crippen LogP contribution in [0.2, 0.25) is 0 Å². The predicted molar refractivity (Wildman–Crippen MR) is 116 cm³/mol. The number of aliphatic imine (C=N–C) groups is 1. The molecule has 0 radical (unpaired) electrons. The number of hydrogen-bond acceptors (Lipinski definition) is 4. The number of hydrogen-bond donors (Lipinski definition) is 0. The van der Waals surface area contributed by atoms with E-state index >= 15 is 0 Å². The van der Waals surface area contributed by atoms with Crippen LogP contribution < -0.4 is 4.90 Å². The van der Waals surface area contributed by atoms with Crippen molar-refractivity contribution in [3.63, 3.8) is 0 Å². The summed E-state index contributed by atoms with van der Waals surface area (Å²) in [5.74, 6) is -1.25. The molecule has 5 nitrogen and oxygen atoms in total. The molecule has 0 aliphatic carbocycles. The number of carbonyl (C=O) groups is 2. The lowest BCUT2D eigenvalue weighted by atomic mass is 9.93. The van der Waals surface area contributed by atoms with Gasteiger partial charge in [-0.2, -0.15) is 13.2 Å². The summed E-state index contributed by atoms with van der Waals surface area (Å²) in [6.07, 6.45) is -3.28. The van der Waals surface area contributed by atoms with Crippen molar-refractivity contribution >= 4 is 23.3 Å². The maximum atomic E-state index is 13.6. The third-order valence-corrected chi connectivity index (χ3v) is 5.71. The Hall–Kier alpha value is -3.16. The minimum Gasteiger partial charge on any atom is -0.468 e. The number of carbonyl (C=O) groups excluding carboxylic acids is 2. The van der Waals surface area contributed by atoms with Crippen molar-refractivity contribution in [1.82, 2.24) is 0 Å². The number of anilines is 1. The van der Waals surface area contributed by atoms with Crippen LogP contribution in [0.4, 0.5) is 18.9 Å². The van der Waals surface area contributed by atoms with Crippen LogP contribution in [-0.2, 0) is 20.5 Å². The van der Waals surface area contributed by atoms with Crippen molar-refractivity contribution in [3.05, 3.63) is 65.2 Å². The van der Waals surface area contributed by atoms with Crippen LogP contribution in [0.5, 0.6) is 0 Å². The van der Waals surface area contributed by atoms with Crippen molar-refractivity contribution in [2.24, 2.45) is 10.9 Å². The van der Waals surface area contributed by atoms with Gasteiger partial charge in [0, 0.05) is 11.1 Å². The maximum absolute atomic E-state index is 13.6. The molecule has 1 atom stereocenters. The molecule has 1 aliphatic heterocycles. The Bertz CT molecular complexity index is 1010. The van der Waals surface area contributed by atoms with Gasteiger partial charge in [-0.3, -0.25) is 19.5 Å². The Balaban J connectivity index is 2.32. The summed E-state index contributed by atoms with van der Waals surface area (Å²) in [6, 6.07) is 11.1. The summed E-state index contributed by atoms with van der Waals surface area (Å²) in [4.78, 5) is 31.6. The molecule has 1 heterocycles. The molecule has 0 N–H and O–H groups in total. The van der Waals surface area contributed by atoms with Crippen molar-refractivity contribution in [2.75, 3.05) is 18.6 Å². The molecule has 0 saturated carbocycles. The lowest BCUT2D eigenvalue weighted by Gasteiger charge is -2.27. The standard InChI is InChI=1S/C24H25F3N2O3/c1-4-15(5-2)22-23(31)29(14-20(30)32-3)19-12-11-17(24(25,26)27)13-18(19)21(28-22)16-9-7-6-8-10-16/h6-13,15,22H,4-5,14H2,1-3H3/t22-/m0/s1. The molecule has 8 heteroatoms. The normalized spacial score (nSPS) is 16.5. The van der Waals surface area contributed by atoms with Gasteiger partial charge in [-0.25, -0.2) is 0 Å². The zero-order valence-corrected chi connectivity index (χ0v) is 18.1. The van der Waals surface area contributed by atoms with Gasteiger partial charge < -0.3 is 4.74 Å². The summed E-state index contributed by atoms with van der Waals surface area (Å²) in [6.45, 7) is 3.45. The molecule has 2 aromatic rings. The van der Waals surface area contributed by atoms with Crippen LogP contribution in [-0.4, -0.2) is 37.3 Å². The molecule has 2 aromatic carbocycles. The molecule has 170 valence electrons. The number of benzodiazepines with no additional fused rings is 1. The first-order chi connectivity index (χ1) is 15.2. The molecule has 0 saturated heterocycles. The SMILES string of the molecule is CCC(CC)[C@@H]1N=C(c2ccccc2)c2cc(C(F)(F)F)ccc2N(CC(=O)OC)C1=O. The Morgan fingerprint density at radius 1 is 1.12 bits per heavy atom. The highest BCUT2D eigenvalue weighted by Gasteiger charge is 2.38. The van der Waals surface area contributed by atoms with Gasteiger partial charge in [-0.15, -0.1) is 0 Å². The molecule has 0 bridgehead atoms. The van der Waals surface area contributed by atoms with Gasteiger partial charge in [0.15, 0.2) is 0 Å². The molecule has 32 heavy (non-hydrogen) atoms. The van der Waals surface area contributed by atoms with E-state index < -0.39 is 36.2 Å². The molecular weight excluding hydrogens is 421 g/mol. The molecule has 3 rings (SSSR count). The smallest absolute Gasteiger partial charge is 0.416 e. The molecule has 0 spiro atoms. The second-order valence-corrected chi connectivity index (χ2v) is 7.60. The van der Waals surface area contributed by atoms with Crippen molar-refractivity contribution in [2.45, 2.75) is 38.9 Å². The van der Waals surface area contributed by atoms with Gasteiger partial charge in [0.2, 0.25) is 0 Å². The highest BCUT2D eigenvalue weighted by atomic mass is 19.4. The van der Waals surface area contributed by atoms with Crippen molar-refractivity contribution < 1.29 is 27.5 Å². The number of rotatable bonds is 6. The van der Waals surface area contributed by atoms with Gasteiger partial charge in [-0.05, 0) is 24.1 Å². The van der Waals surface area contributed by atoms with E-state index in [0.29, 0.717) is 24.1 Å². The molecule has 1 amide bonds. The van der Waals surface area contributed by atoms with E-state index in [1.54, 1.807) is 30.3 Å². The zero-order chi connectivity index (χ0) is 23.5. The molecule has 1 aliphatic rings. The van der Waals surface area contributed by atoms with Gasteiger partial charge in [0.05, 0.1) is 24.1 Å². The van der Waals surface area contributed by atoms with Gasteiger partial charge >= 0.3 is 12.1 Å². The number of nitrogens with zero attached hydrogens (tertiary/aromatic N) is 2. The van der Waals surface area contributed by atoms with Gasteiger partial charge in [0.1, 0.15) is 12.6 Å². The van der Waals surface area contributed by atoms with E-state index in [2.05, 4.69) is 0 Å². The highest BCUT2D eigenvalue weighted by Crippen LogP contribution is 2.37.